The minimum atomic E-state index is -1.36. The maximum atomic E-state index is 11.4. The molecule has 0 saturated heterocycles. The summed E-state index contributed by atoms with van der Waals surface area (Å²) in [6.45, 7) is 3.83. The van der Waals surface area contributed by atoms with Crippen molar-refractivity contribution in [2.75, 3.05) is 7.11 Å². The van der Waals surface area contributed by atoms with Crippen LogP contribution in [0.1, 0.15) is 5.56 Å². The molecule has 2 rings (SSSR count). The van der Waals surface area contributed by atoms with Gasteiger partial charge in [0, 0.05) is 0 Å². The lowest BCUT2D eigenvalue weighted by Crippen LogP contribution is -2.23. The largest absolute Gasteiger partial charge is 0.467 e. The summed E-state index contributed by atoms with van der Waals surface area (Å²) in [7, 11) is 1.24. The number of rotatable bonds is 4. The fourth-order valence-corrected chi connectivity index (χ4v) is 2.03. The predicted molar refractivity (Wildman–Crippen MR) is 78.9 cm³/mol. The third-order valence-corrected chi connectivity index (χ3v) is 3.11. The summed E-state index contributed by atoms with van der Waals surface area (Å²) < 4.78 is 4.55. The Labute approximate surface area is 118 Å². The van der Waals surface area contributed by atoms with Crippen molar-refractivity contribution in [3.05, 3.63) is 66.7 Å². The van der Waals surface area contributed by atoms with Crippen molar-refractivity contribution >= 4 is 11.5 Å². The van der Waals surface area contributed by atoms with Crippen molar-refractivity contribution in [3.63, 3.8) is 0 Å². The van der Waals surface area contributed by atoms with Gasteiger partial charge in [0.15, 0.2) is 6.10 Å². The highest BCUT2D eigenvalue weighted by molar-refractivity contribution is 5.93. The first-order valence-electron chi connectivity index (χ1n) is 6.24. The molecule has 0 aliphatic carbocycles. The van der Waals surface area contributed by atoms with Gasteiger partial charge in [-0.25, -0.2) is 4.79 Å². The molecule has 102 valence electrons. The highest BCUT2D eigenvalue weighted by Gasteiger charge is 2.22. The lowest BCUT2D eigenvalue weighted by atomic mass is 9.93. The summed E-state index contributed by atoms with van der Waals surface area (Å²) in [5.41, 5.74) is 2.98. The first kappa shape index (κ1) is 14.0. The Morgan fingerprint density at radius 2 is 1.70 bits per heavy atom. The minimum Gasteiger partial charge on any atom is -0.467 e. The van der Waals surface area contributed by atoms with Crippen LogP contribution in [0.2, 0.25) is 0 Å². The molecule has 1 atom stereocenters. The minimum absolute atomic E-state index is 0.330. The van der Waals surface area contributed by atoms with E-state index in [1.807, 2.05) is 54.6 Å². The number of ether oxygens (including phenoxy) is 1. The molecule has 0 amide bonds. The number of hydrogen-bond acceptors (Lipinski definition) is 3. The van der Waals surface area contributed by atoms with Crippen LogP contribution in [-0.4, -0.2) is 24.3 Å². The SMILES string of the molecule is C=C(c1ccccc1-c1ccccc1)C(O)C(=O)OC. The number of esters is 1. The molecule has 0 bridgehead atoms. The second-order valence-electron chi connectivity index (χ2n) is 4.36. The summed E-state index contributed by atoms with van der Waals surface area (Å²) >= 11 is 0. The summed E-state index contributed by atoms with van der Waals surface area (Å²) in [5.74, 6) is -0.710. The number of hydrogen-bond donors (Lipinski definition) is 1. The monoisotopic (exact) mass is 268 g/mol. The zero-order chi connectivity index (χ0) is 14.5. The third-order valence-electron chi connectivity index (χ3n) is 3.11. The molecule has 2 aromatic carbocycles. The molecule has 0 aromatic heterocycles. The number of benzene rings is 2. The van der Waals surface area contributed by atoms with E-state index in [4.69, 9.17) is 0 Å². The van der Waals surface area contributed by atoms with Crippen LogP contribution in [-0.2, 0) is 9.53 Å². The van der Waals surface area contributed by atoms with E-state index in [1.165, 1.54) is 7.11 Å². The van der Waals surface area contributed by atoms with Gasteiger partial charge in [0.25, 0.3) is 0 Å². The van der Waals surface area contributed by atoms with Crippen molar-refractivity contribution in [1.82, 2.24) is 0 Å². The Bertz CT molecular complexity index is 617. The first-order valence-corrected chi connectivity index (χ1v) is 6.24. The van der Waals surface area contributed by atoms with Crippen LogP contribution in [0.15, 0.2) is 61.2 Å². The van der Waals surface area contributed by atoms with Gasteiger partial charge < -0.3 is 9.84 Å². The molecule has 2 aromatic rings. The van der Waals surface area contributed by atoms with Gasteiger partial charge in [-0.1, -0.05) is 61.2 Å². The number of carbonyl (C=O) groups is 1. The standard InChI is InChI=1S/C17H16O3/c1-12(16(18)17(19)20-2)14-10-6-7-11-15(14)13-8-4-3-5-9-13/h3-11,16,18H,1H2,2H3. The summed E-state index contributed by atoms with van der Waals surface area (Å²) in [6, 6.07) is 17.3. The van der Waals surface area contributed by atoms with E-state index in [-0.39, 0.29) is 0 Å². The molecule has 0 aliphatic heterocycles. The second kappa shape index (κ2) is 6.17. The van der Waals surface area contributed by atoms with Crippen LogP contribution in [0.3, 0.4) is 0 Å². The fourth-order valence-electron chi connectivity index (χ4n) is 2.03. The molecular formula is C17H16O3. The molecule has 0 spiro atoms. The van der Waals surface area contributed by atoms with Crippen LogP contribution < -0.4 is 0 Å². The molecule has 20 heavy (non-hydrogen) atoms. The highest BCUT2D eigenvalue weighted by atomic mass is 16.5. The molecular weight excluding hydrogens is 252 g/mol. The number of aliphatic hydroxyl groups is 1. The third kappa shape index (κ3) is 2.78. The van der Waals surface area contributed by atoms with E-state index in [9.17, 15) is 9.90 Å². The smallest absolute Gasteiger partial charge is 0.339 e. The van der Waals surface area contributed by atoms with Crippen LogP contribution in [0.25, 0.3) is 16.7 Å². The molecule has 3 heteroatoms. The normalized spacial score (nSPS) is 11.7. The Morgan fingerprint density at radius 3 is 2.35 bits per heavy atom. The topological polar surface area (TPSA) is 46.5 Å². The molecule has 0 radical (unpaired) electrons. The molecule has 1 N–H and O–H groups in total. The van der Waals surface area contributed by atoms with E-state index >= 15 is 0 Å². The Kier molecular flexibility index (Phi) is 4.33. The van der Waals surface area contributed by atoms with Crippen LogP contribution in [0.5, 0.6) is 0 Å². The van der Waals surface area contributed by atoms with Gasteiger partial charge in [0.2, 0.25) is 0 Å². The Hall–Kier alpha value is -2.39. The second-order valence-corrected chi connectivity index (χ2v) is 4.36. The van der Waals surface area contributed by atoms with Crippen molar-refractivity contribution in [1.29, 1.82) is 0 Å². The zero-order valence-electron chi connectivity index (χ0n) is 11.2. The number of methoxy groups -OCH3 is 1. The quantitative estimate of drug-likeness (QED) is 0.867. The molecule has 0 fully saturated rings. The number of aliphatic hydroxyl groups excluding tert-OH is 1. The van der Waals surface area contributed by atoms with Crippen LogP contribution in [0, 0.1) is 0 Å². The van der Waals surface area contributed by atoms with Gasteiger partial charge in [-0.15, -0.1) is 0 Å². The van der Waals surface area contributed by atoms with Crippen LogP contribution >= 0.6 is 0 Å². The summed E-state index contributed by atoms with van der Waals surface area (Å²) in [4.78, 5) is 11.4. The average molecular weight is 268 g/mol. The van der Waals surface area contributed by atoms with E-state index in [2.05, 4.69) is 11.3 Å². The van der Waals surface area contributed by atoms with Gasteiger partial charge in [-0.05, 0) is 22.3 Å². The van der Waals surface area contributed by atoms with Crippen LogP contribution in [0.4, 0.5) is 0 Å². The Morgan fingerprint density at radius 1 is 1.10 bits per heavy atom. The van der Waals surface area contributed by atoms with Gasteiger partial charge >= 0.3 is 5.97 Å². The lowest BCUT2D eigenvalue weighted by molar-refractivity contribution is -0.147. The van der Waals surface area contributed by atoms with E-state index in [0.717, 1.165) is 16.7 Å². The van der Waals surface area contributed by atoms with E-state index in [1.54, 1.807) is 0 Å². The molecule has 0 heterocycles. The van der Waals surface area contributed by atoms with Gasteiger partial charge in [0.1, 0.15) is 0 Å². The van der Waals surface area contributed by atoms with Gasteiger partial charge in [0.05, 0.1) is 7.11 Å². The maximum Gasteiger partial charge on any atom is 0.339 e. The zero-order valence-corrected chi connectivity index (χ0v) is 11.2. The Balaban J connectivity index is 2.43. The summed E-state index contributed by atoms with van der Waals surface area (Å²) in [6.07, 6.45) is -1.36. The van der Waals surface area contributed by atoms with E-state index < -0.39 is 12.1 Å². The molecule has 1 unspecified atom stereocenters. The highest BCUT2D eigenvalue weighted by Crippen LogP contribution is 2.29. The maximum absolute atomic E-state index is 11.4. The number of carbonyl (C=O) groups excluding carboxylic acids is 1. The van der Waals surface area contributed by atoms with Crippen molar-refractivity contribution in [2.45, 2.75) is 6.10 Å². The molecule has 0 aliphatic rings. The fraction of sp³-hybridized carbons (Fsp3) is 0.118. The van der Waals surface area contributed by atoms with Crippen molar-refractivity contribution in [3.8, 4) is 11.1 Å². The molecule has 3 nitrogen and oxygen atoms in total. The summed E-state index contributed by atoms with van der Waals surface area (Å²) in [5, 5.41) is 9.94. The lowest BCUT2D eigenvalue weighted by Gasteiger charge is -2.15. The average Bonchev–Trinajstić information content (AvgIpc) is 2.53. The first-order chi connectivity index (χ1) is 9.65. The van der Waals surface area contributed by atoms with Gasteiger partial charge in [-0.3, -0.25) is 0 Å². The van der Waals surface area contributed by atoms with Crippen molar-refractivity contribution < 1.29 is 14.6 Å². The van der Waals surface area contributed by atoms with Gasteiger partial charge in [-0.2, -0.15) is 0 Å². The van der Waals surface area contributed by atoms with E-state index in [0.29, 0.717) is 5.57 Å². The predicted octanol–water partition coefficient (Wildman–Crippen LogP) is 2.90. The molecule has 0 saturated carbocycles. The van der Waals surface area contributed by atoms with Crippen molar-refractivity contribution in [2.24, 2.45) is 0 Å².